The molecule has 0 amide bonds. The molecule has 0 N–H and O–H groups in total. The van der Waals surface area contributed by atoms with Crippen LogP contribution in [0, 0.1) is 0 Å². The van der Waals surface area contributed by atoms with Crippen LogP contribution in [0.4, 0.5) is 0 Å². The monoisotopic (exact) mass is 139 g/mol. The Labute approximate surface area is 59.4 Å². The minimum Gasteiger partial charge on any atom is -0.430 e. The van der Waals surface area contributed by atoms with Gasteiger partial charge in [-0.3, -0.25) is 9.79 Å². The van der Waals surface area contributed by atoms with Gasteiger partial charge in [0.25, 0.3) is 0 Å². The lowest BCUT2D eigenvalue weighted by Gasteiger charge is -2.05. The van der Waals surface area contributed by atoms with Gasteiger partial charge in [0.1, 0.15) is 5.76 Å². The van der Waals surface area contributed by atoms with E-state index < -0.39 is 0 Å². The summed E-state index contributed by atoms with van der Waals surface area (Å²) < 4.78 is 4.80. The summed E-state index contributed by atoms with van der Waals surface area (Å²) in [5.41, 5.74) is 0. The van der Waals surface area contributed by atoms with Crippen LogP contribution in [0.5, 0.6) is 0 Å². The molecule has 0 atom stereocenters. The Balaban J connectivity index is 2.47. The van der Waals surface area contributed by atoms with E-state index in [0.717, 1.165) is 12.8 Å². The number of nitrogens with zero attached hydrogens (tertiary/aromatic N) is 1. The first-order chi connectivity index (χ1) is 4.79. The predicted molar refractivity (Wildman–Crippen MR) is 37.6 cm³/mol. The molecule has 0 spiro atoms. The van der Waals surface area contributed by atoms with E-state index in [9.17, 15) is 4.79 Å². The molecule has 54 valence electrons. The van der Waals surface area contributed by atoms with Crippen molar-refractivity contribution in [3.05, 3.63) is 12.0 Å². The minimum atomic E-state index is -0.275. The highest BCUT2D eigenvalue weighted by molar-refractivity contribution is 5.68. The standard InChI is InChI=1S/C7H9NO2/c1-6(9)10-7-3-2-4-8-5-7/h4-5H,2-3H2,1H3. The SMILES string of the molecule is CC(=O)OC1=CN=CCC1. The van der Waals surface area contributed by atoms with Gasteiger partial charge in [-0.25, -0.2) is 0 Å². The van der Waals surface area contributed by atoms with E-state index in [1.165, 1.54) is 6.92 Å². The summed E-state index contributed by atoms with van der Waals surface area (Å²) in [5.74, 6) is 0.387. The largest absolute Gasteiger partial charge is 0.430 e. The second-order valence-electron chi connectivity index (χ2n) is 2.06. The summed E-state index contributed by atoms with van der Waals surface area (Å²) in [4.78, 5) is 14.2. The molecule has 0 saturated carbocycles. The second-order valence-corrected chi connectivity index (χ2v) is 2.06. The molecular weight excluding hydrogens is 130 g/mol. The zero-order chi connectivity index (χ0) is 7.40. The molecule has 0 fully saturated rings. The molecule has 0 aromatic carbocycles. The maximum absolute atomic E-state index is 10.4. The summed E-state index contributed by atoms with van der Waals surface area (Å²) in [6.07, 6.45) is 5.01. The zero-order valence-corrected chi connectivity index (χ0v) is 5.83. The molecule has 0 saturated heterocycles. The summed E-state index contributed by atoms with van der Waals surface area (Å²) in [6, 6.07) is 0. The van der Waals surface area contributed by atoms with Crippen LogP contribution in [-0.4, -0.2) is 12.2 Å². The number of hydrogen-bond donors (Lipinski definition) is 0. The van der Waals surface area contributed by atoms with Crippen molar-refractivity contribution in [3.63, 3.8) is 0 Å². The number of esters is 1. The van der Waals surface area contributed by atoms with Crippen LogP contribution in [0.1, 0.15) is 19.8 Å². The average Bonchev–Trinajstić information content (AvgIpc) is 1.88. The number of carbonyl (C=O) groups is 1. The molecule has 0 aromatic rings. The Kier molecular flexibility index (Phi) is 2.20. The first kappa shape index (κ1) is 6.99. The molecule has 1 rings (SSSR count). The molecule has 10 heavy (non-hydrogen) atoms. The van der Waals surface area contributed by atoms with Gasteiger partial charge in [0.05, 0.1) is 6.20 Å². The highest BCUT2D eigenvalue weighted by Crippen LogP contribution is 2.09. The summed E-state index contributed by atoms with van der Waals surface area (Å²) in [7, 11) is 0. The molecule has 0 radical (unpaired) electrons. The molecule has 3 nitrogen and oxygen atoms in total. The van der Waals surface area contributed by atoms with Gasteiger partial charge >= 0.3 is 5.97 Å². The van der Waals surface area contributed by atoms with Gasteiger partial charge in [-0.15, -0.1) is 0 Å². The number of hydrogen-bond acceptors (Lipinski definition) is 3. The molecular formula is C7H9NO2. The average molecular weight is 139 g/mol. The molecule has 1 aliphatic heterocycles. The maximum atomic E-state index is 10.4. The van der Waals surface area contributed by atoms with E-state index >= 15 is 0 Å². The molecule has 3 heteroatoms. The maximum Gasteiger partial charge on any atom is 0.307 e. The molecule has 0 bridgehead atoms. The summed E-state index contributed by atoms with van der Waals surface area (Å²) in [6.45, 7) is 1.39. The van der Waals surface area contributed by atoms with Crippen molar-refractivity contribution < 1.29 is 9.53 Å². The first-order valence-corrected chi connectivity index (χ1v) is 3.18. The normalized spacial score (nSPS) is 16.3. The van der Waals surface area contributed by atoms with Gasteiger partial charge in [-0.2, -0.15) is 0 Å². The van der Waals surface area contributed by atoms with Crippen LogP contribution in [-0.2, 0) is 9.53 Å². The van der Waals surface area contributed by atoms with Crippen LogP contribution in [0.25, 0.3) is 0 Å². The fourth-order valence-corrected chi connectivity index (χ4v) is 0.744. The van der Waals surface area contributed by atoms with Gasteiger partial charge in [-0.1, -0.05) is 0 Å². The molecule has 0 unspecified atom stereocenters. The Morgan fingerprint density at radius 2 is 2.60 bits per heavy atom. The van der Waals surface area contributed by atoms with Gasteiger partial charge in [-0.05, 0) is 6.42 Å². The van der Waals surface area contributed by atoms with Gasteiger partial charge in [0.2, 0.25) is 0 Å². The number of aliphatic imine (C=N–C) groups is 1. The minimum absolute atomic E-state index is 0.275. The first-order valence-electron chi connectivity index (χ1n) is 3.18. The smallest absolute Gasteiger partial charge is 0.307 e. The van der Waals surface area contributed by atoms with Gasteiger partial charge < -0.3 is 4.74 Å². The third-order valence-corrected chi connectivity index (χ3v) is 1.12. The van der Waals surface area contributed by atoms with E-state index in [2.05, 4.69) is 4.99 Å². The fraction of sp³-hybridized carbons (Fsp3) is 0.429. The van der Waals surface area contributed by atoms with E-state index in [0.29, 0.717) is 5.76 Å². The van der Waals surface area contributed by atoms with Crippen molar-refractivity contribution in [1.82, 2.24) is 0 Å². The van der Waals surface area contributed by atoms with Crippen LogP contribution < -0.4 is 0 Å². The third-order valence-electron chi connectivity index (χ3n) is 1.12. The Morgan fingerprint density at radius 3 is 3.10 bits per heavy atom. The summed E-state index contributed by atoms with van der Waals surface area (Å²) >= 11 is 0. The van der Waals surface area contributed by atoms with E-state index in [1.807, 2.05) is 0 Å². The second kappa shape index (κ2) is 3.15. The van der Waals surface area contributed by atoms with Crippen molar-refractivity contribution in [2.24, 2.45) is 4.99 Å². The number of carbonyl (C=O) groups excluding carboxylic acids is 1. The lowest BCUT2D eigenvalue weighted by Crippen LogP contribution is -2.00. The summed E-state index contributed by atoms with van der Waals surface area (Å²) in [5, 5.41) is 0. The number of allylic oxidation sites excluding steroid dienone is 1. The molecule has 1 aliphatic rings. The van der Waals surface area contributed by atoms with Crippen molar-refractivity contribution in [3.8, 4) is 0 Å². The Hall–Kier alpha value is -1.12. The van der Waals surface area contributed by atoms with E-state index in [1.54, 1.807) is 12.4 Å². The van der Waals surface area contributed by atoms with Gasteiger partial charge in [0, 0.05) is 19.6 Å². The molecule has 0 aromatic heterocycles. The van der Waals surface area contributed by atoms with Crippen LogP contribution in [0.3, 0.4) is 0 Å². The topological polar surface area (TPSA) is 38.7 Å². The number of rotatable bonds is 1. The predicted octanol–water partition coefficient (Wildman–Crippen LogP) is 1.26. The molecule has 1 heterocycles. The van der Waals surface area contributed by atoms with Gasteiger partial charge in [0.15, 0.2) is 0 Å². The Morgan fingerprint density at radius 1 is 1.80 bits per heavy atom. The van der Waals surface area contributed by atoms with Crippen LogP contribution >= 0.6 is 0 Å². The van der Waals surface area contributed by atoms with Crippen molar-refractivity contribution in [2.75, 3.05) is 0 Å². The van der Waals surface area contributed by atoms with E-state index in [-0.39, 0.29) is 5.97 Å². The zero-order valence-electron chi connectivity index (χ0n) is 5.83. The molecule has 0 aliphatic carbocycles. The van der Waals surface area contributed by atoms with E-state index in [4.69, 9.17) is 4.74 Å². The third kappa shape index (κ3) is 2.01. The van der Waals surface area contributed by atoms with Crippen LogP contribution in [0.15, 0.2) is 17.0 Å². The van der Waals surface area contributed by atoms with Crippen molar-refractivity contribution in [2.45, 2.75) is 19.8 Å². The highest BCUT2D eigenvalue weighted by atomic mass is 16.5. The quantitative estimate of drug-likeness (QED) is 0.513. The number of ether oxygens (including phenoxy) is 1. The highest BCUT2D eigenvalue weighted by Gasteiger charge is 2.02. The lowest BCUT2D eigenvalue weighted by atomic mass is 10.2. The Bertz CT molecular complexity index is 194. The fourth-order valence-electron chi connectivity index (χ4n) is 0.744. The lowest BCUT2D eigenvalue weighted by molar-refractivity contribution is -0.137. The van der Waals surface area contributed by atoms with Crippen molar-refractivity contribution in [1.29, 1.82) is 0 Å². The van der Waals surface area contributed by atoms with Crippen molar-refractivity contribution >= 4 is 12.2 Å². The van der Waals surface area contributed by atoms with Crippen LogP contribution in [0.2, 0.25) is 0 Å².